The number of nitrogens with zero attached hydrogens (tertiary/aromatic N) is 3. The van der Waals surface area contributed by atoms with Crippen LogP contribution in [0.4, 0.5) is 19.0 Å². The number of ether oxygens (including phenoxy) is 3. The average Bonchev–Trinajstić information content (AvgIpc) is 3.38. The summed E-state index contributed by atoms with van der Waals surface area (Å²) in [6.07, 6.45) is 0.439. The second kappa shape index (κ2) is 13.9. The number of halogens is 3. The van der Waals surface area contributed by atoms with Gasteiger partial charge in [0.25, 0.3) is 0 Å². The molecule has 0 saturated heterocycles. The van der Waals surface area contributed by atoms with Crippen molar-refractivity contribution in [3.8, 4) is 22.6 Å². The van der Waals surface area contributed by atoms with Gasteiger partial charge >= 0.3 is 6.36 Å². The molecule has 0 atom stereocenters. The molecule has 5 N–H and O–H groups in total. The van der Waals surface area contributed by atoms with Crippen molar-refractivity contribution >= 4 is 16.7 Å². The van der Waals surface area contributed by atoms with Gasteiger partial charge in [-0.3, -0.25) is 5.10 Å². The molecule has 0 aliphatic carbocycles. The van der Waals surface area contributed by atoms with Gasteiger partial charge in [-0.2, -0.15) is 10.2 Å². The maximum absolute atomic E-state index is 12.6. The van der Waals surface area contributed by atoms with Crippen molar-refractivity contribution in [1.82, 2.24) is 25.7 Å². The Morgan fingerprint density at radius 2 is 1.80 bits per heavy atom. The molecule has 214 valence electrons. The number of hydrogen-bond acceptors (Lipinski definition) is 9. The van der Waals surface area contributed by atoms with Crippen molar-refractivity contribution < 1.29 is 32.5 Å². The fraction of sp³-hybridized carbons (Fsp3) is 0.370. The molecule has 4 rings (SSSR count). The minimum Gasteiger partial charge on any atom is -0.490 e. The first-order chi connectivity index (χ1) is 19.3. The molecule has 0 amide bonds. The summed E-state index contributed by atoms with van der Waals surface area (Å²) < 4.78 is 53.5. The zero-order valence-corrected chi connectivity index (χ0v) is 21.7. The molecule has 0 aliphatic rings. The number of hydrogen-bond donors (Lipinski definition) is 4. The summed E-state index contributed by atoms with van der Waals surface area (Å²) in [5.74, 6) is 0.701. The molecule has 2 aromatic carbocycles. The molecule has 0 unspecified atom stereocenters. The third-order valence-corrected chi connectivity index (χ3v) is 5.89. The van der Waals surface area contributed by atoms with E-state index in [1.165, 1.54) is 12.1 Å². The van der Waals surface area contributed by atoms with Crippen LogP contribution in [0.2, 0.25) is 0 Å². The van der Waals surface area contributed by atoms with E-state index in [9.17, 15) is 13.2 Å². The molecule has 4 aromatic rings. The molecule has 0 radical (unpaired) electrons. The molecule has 2 aromatic heterocycles. The van der Waals surface area contributed by atoms with Crippen molar-refractivity contribution in [2.75, 3.05) is 38.7 Å². The predicted molar refractivity (Wildman–Crippen MR) is 143 cm³/mol. The normalized spacial score (nSPS) is 11.7. The third kappa shape index (κ3) is 8.79. The number of rotatable bonds is 15. The number of alkyl halides is 3. The summed E-state index contributed by atoms with van der Waals surface area (Å²) in [5, 5.41) is 27.9. The Morgan fingerprint density at radius 3 is 2.60 bits per heavy atom. The summed E-state index contributed by atoms with van der Waals surface area (Å²) in [6, 6.07) is 9.97. The van der Waals surface area contributed by atoms with Gasteiger partial charge in [-0.15, -0.1) is 18.3 Å². The number of aromatic amines is 1. The van der Waals surface area contributed by atoms with E-state index in [4.69, 9.17) is 20.3 Å². The molecule has 2 heterocycles. The molecule has 40 heavy (non-hydrogen) atoms. The Morgan fingerprint density at radius 1 is 0.950 bits per heavy atom. The Kier molecular flexibility index (Phi) is 10.1. The lowest BCUT2D eigenvalue weighted by molar-refractivity contribution is -0.274. The van der Waals surface area contributed by atoms with Gasteiger partial charge in [0.05, 0.1) is 29.9 Å². The first kappa shape index (κ1) is 29.1. The highest BCUT2D eigenvalue weighted by molar-refractivity contribution is 5.89. The van der Waals surface area contributed by atoms with E-state index in [0.717, 1.165) is 34.9 Å². The maximum atomic E-state index is 12.6. The van der Waals surface area contributed by atoms with Crippen LogP contribution in [0.25, 0.3) is 22.0 Å². The summed E-state index contributed by atoms with van der Waals surface area (Å²) in [5.41, 5.74) is 9.49. The van der Waals surface area contributed by atoms with Gasteiger partial charge in [0.1, 0.15) is 23.9 Å². The zero-order chi connectivity index (χ0) is 28.4. The number of nitrogens with one attached hydrogen (secondary N) is 2. The standard InChI is InChI=1S/C27H31F3N6O4/c28-27(29,30)40-22-10-18(3-5-37)9-19(11-22)15-32-4-1-2-6-38-7-8-39-25-13-20(12-24-23(25)17-34-35-24)21-14-26(31)36-33-16-21/h9-14,16-17,32,37H,1-8,15H2,(H2,31,36)(H,34,35). The molecule has 0 fully saturated rings. The maximum Gasteiger partial charge on any atom is 0.573 e. The van der Waals surface area contributed by atoms with Crippen molar-refractivity contribution in [1.29, 1.82) is 0 Å². The molecule has 0 saturated carbocycles. The highest BCUT2D eigenvalue weighted by Crippen LogP contribution is 2.31. The second-order valence-corrected chi connectivity index (χ2v) is 9.03. The number of anilines is 1. The minimum absolute atomic E-state index is 0.160. The van der Waals surface area contributed by atoms with Crippen LogP contribution in [0.3, 0.4) is 0 Å². The lowest BCUT2D eigenvalue weighted by Gasteiger charge is -2.13. The number of fused-ring (bicyclic) bond motifs is 1. The number of H-pyrrole nitrogens is 1. The average molecular weight is 561 g/mol. The Hall–Kier alpha value is -3.94. The second-order valence-electron chi connectivity index (χ2n) is 9.03. The first-order valence-corrected chi connectivity index (χ1v) is 12.8. The predicted octanol–water partition coefficient (Wildman–Crippen LogP) is 4.00. The first-order valence-electron chi connectivity index (χ1n) is 12.8. The molecular formula is C27H31F3N6O4. The van der Waals surface area contributed by atoms with Crippen LogP contribution in [0.5, 0.6) is 11.5 Å². The van der Waals surface area contributed by atoms with E-state index in [1.807, 2.05) is 12.1 Å². The number of benzene rings is 2. The number of unbranched alkanes of at least 4 members (excludes halogenated alkanes) is 1. The molecule has 0 spiro atoms. The van der Waals surface area contributed by atoms with Crippen LogP contribution < -0.4 is 20.5 Å². The topological polar surface area (TPSA) is 140 Å². The van der Waals surface area contributed by atoms with Crippen LogP contribution >= 0.6 is 0 Å². The summed E-state index contributed by atoms with van der Waals surface area (Å²) in [6.45, 7) is 2.19. The quantitative estimate of drug-likeness (QED) is 0.159. The van der Waals surface area contributed by atoms with E-state index < -0.39 is 6.36 Å². The van der Waals surface area contributed by atoms with E-state index in [2.05, 4.69) is 30.4 Å². The Labute approximate surface area is 228 Å². The smallest absolute Gasteiger partial charge is 0.490 e. The van der Waals surface area contributed by atoms with E-state index in [0.29, 0.717) is 55.6 Å². The van der Waals surface area contributed by atoms with Crippen molar-refractivity contribution in [3.05, 3.63) is 59.9 Å². The lowest BCUT2D eigenvalue weighted by atomic mass is 10.1. The monoisotopic (exact) mass is 560 g/mol. The van der Waals surface area contributed by atoms with Crippen LogP contribution in [0.1, 0.15) is 24.0 Å². The van der Waals surface area contributed by atoms with E-state index >= 15 is 0 Å². The molecule has 13 heteroatoms. The molecule has 0 bridgehead atoms. The van der Waals surface area contributed by atoms with Crippen LogP contribution in [-0.2, 0) is 17.7 Å². The van der Waals surface area contributed by atoms with Crippen molar-refractivity contribution in [2.24, 2.45) is 0 Å². The highest BCUT2D eigenvalue weighted by atomic mass is 19.4. The van der Waals surface area contributed by atoms with Crippen molar-refractivity contribution in [2.45, 2.75) is 32.2 Å². The van der Waals surface area contributed by atoms with Gasteiger partial charge in [0, 0.05) is 25.3 Å². The number of aliphatic hydroxyl groups excluding tert-OH is 1. The summed E-state index contributed by atoms with van der Waals surface area (Å²) >= 11 is 0. The summed E-state index contributed by atoms with van der Waals surface area (Å²) in [7, 11) is 0. The fourth-order valence-electron chi connectivity index (χ4n) is 4.14. The van der Waals surface area contributed by atoms with E-state index in [-0.39, 0.29) is 18.8 Å². The Balaban J connectivity index is 1.16. The number of aromatic nitrogens is 4. The minimum atomic E-state index is -4.77. The SMILES string of the molecule is Nc1cc(-c2cc(OCCOCCCCNCc3cc(CCO)cc(OC(F)(F)F)c3)c3cn[nH]c3c2)cnn1. The number of nitrogen functional groups attached to an aromatic ring is 1. The van der Waals surface area contributed by atoms with Crippen LogP contribution in [-0.4, -0.2) is 64.8 Å². The third-order valence-electron chi connectivity index (χ3n) is 5.89. The largest absolute Gasteiger partial charge is 0.573 e. The van der Waals surface area contributed by atoms with Gasteiger partial charge in [0.15, 0.2) is 0 Å². The number of nitrogens with two attached hydrogens (primary N) is 1. The highest BCUT2D eigenvalue weighted by Gasteiger charge is 2.31. The molecule has 0 aliphatic heterocycles. The van der Waals surface area contributed by atoms with Gasteiger partial charge in [0.2, 0.25) is 0 Å². The van der Waals surface area contributed by atoms with Gasteiger partial charge in [-0.05, 0) is 72.8 Å². The van der Waals surface area contributed by atoms with Crippen LogP contribution in [0.15, 0.2) is 48.8 Å². The van der Waals surface area contributed by atoms with Gasteiger partial charge in [-0.1, -0.05) is 6.07 Å². The van der Waals surface area contributed by atoms with Crippen LogP contribution in [0, 0.1) is 0 Å². The molecule has 10 nitrogen and oxygen atoms in total. The Bertz CT molecular complexity index is 1380. The van der Waals surface area contributed by atoms with E-state index in [1.54, 1.807) is 24.5 Å². The lowest BCUT2D eigenvalue weighted by Crippen LogP contribution is -2.18. The zero-order valence-electron chi connectivity index (χ0n) is 21.7. The van der Waals surface area contributed by atoms with Gasteiger partial charge < -0.3 is 30.4 Å². The molecular weight excluding hydrogens is 529 g/mol. The fourth-order valence-corrected chi connectivity index (χ4v) is 4.14. The van der Waals surface area contributed by atoms with Crippen molar-refractivity contribution in [3.63, 3.8) is 0 Å². The number of aliphatic hydroxyl groups is 1. The van der Waals surface area contributed by atoms with Gasteiger partial charge in [-0.25, -0.2) is 0 Å². The summed E-state index contributed by atoms with van der Waals surface area (Å²) in [4.78, 5) is 0.